The van der Waals surface area contributed by atoms with Gasteiger partial charge in [0.2, 0.25) is 11.8 Å². The molecule has 0 fully saturated rings. The van der Waals surface area contributed by atoms with Crippen LogP contribution in [0.3, 0.4) is 0 Å². The molecule has 64 heavy (non-hydrogen) atoms. The van der Waals surface area contributed by atoms with Crippen molar-refractivity contribution in [1.82, 2.24) is 14.8 Å². The van der Waals surface area contributed by atoms with Gasteiger partial charge in [-0.15, -0.1) is 10.2 Å². The summed E-state index contributed by atoms with van der Waals surface area (Å²) in [6.07, 6.45) is 0.998. The Morgan fingerprint density at radius 2 is 0.797 bits per heavy atom. The standard InChI is InChI=1S/C60H45N3O/c1-40(2)36-41-26-33-53(52-25-15-14-23-50(52)43-27-29-45(30-28-43)60-62-61-59(64-60)44-18-8-4-9-19-44)54(37-41)47-32-35-58-56(39-47)55-38-46(31-34-57(55)63(58)48-20-10-5-11-21-48)51-24-13-12-22-49(51)42-16-6-3-7-17-42/h3-35,37-40H,36H2,1-2H3. The summed E-state index contributed by atoms with van der Waals surface area (Å²) in [6.45, 7) is 4.59. The lowest BCUT2D eigenvalue weighted by Crippen LogP contribution is -1.97. The van der Waals surface area contributed by atoms with Crippen LogP contribution in [-0.2, 0) is 6.42 Å². The molecule has 0 spiro atoms. The van der Waals surface area contributed by atoms with E-state index in [0.29, 0.717) is 17.7 Å². The highest BCUT2D eigenvalue weighted by atomic mass is 16.4. The minimum atomic E-state index is 0.498. The first-order valence-corrected chi connectivity index (χ1v) is 22.1. The van der Waals surface area contributed by atoms with Crippen LogP contribution in [0, 0.1) is 5.92 Å². The average molecular weight is 824 g/mol. The van der Waals surface area contributed by atoms with E-state index in [9.17, 15) is 0 Å². The molecule has 4 heteroatoms. The van der Waals surface area contributed by atoms with Crippen molar-refractivity contribution in [3.63, 3.8) is 0 Å². The van der Waals surface area contributed by atoms with E-state index in [1.165, 1.54) is 71.9 Å². The summed E-state index contributed by atoms with van der Waals surface area (Å²) in [4.78, 5) is 0. The van der Waals surface area contributed by atoms with E-state index in [0.717, 1.165) is 34.4 Å². The smallest absolute Gasteiger partial charge is 0.248 e. The van der Waals surface area contributed by atoms with Gasteiger partial charge >= 0.3 is 0 Å². The summed E-state index contributed by atoms with van der Waals surface area (Å²) < 4.78 is 8.52. The fraction of sp³-hybridized carbons (Fsp3) is 0.0667. The molecule has 306 valence electrons. The highest BCUT2D eigenvalue weighted by molar-refractivity contribution is 6.12. The topological polar surface area (TPSA) is 43.9 Å². The molecule has 0 radical (unpaired) electrons. The average Bonchev–Trinajstić information content (AvgIpc) is 3.98. The lowest BCUT2D eigenvalue weighted by Gasteiger charge is -2.17. The fourth-order valence-electron chi connectivity index (χ4n) is 9.28. The molecule has 0 aliphatic rings. The monoisotopic (exact) mass is 823 g/mol. The molecule has 0 bridgehead atoms. The van der Waals surface area contributed by atoms with Crippen molar-refractivity contribution in [2.75, 3.05) is 0 Å². The van der Waals surface area contributed by atoms with Crippen LogP contribution in [0.25, 0.3) is 106 Å². The van der Waals surface area contributed by atoms with E-state index in [1.54, 1.807) is 0 Å². The lowest BCUT2D eigenvalue weighted by molar-refractivity contribution is 0.584. The highest BCUT2D eigenvalue weighted by Gasteiger charge is 2.19. The van der Waals surface area contributed by atoms with E-state index >= 15 is 0 Å². The molecule has 2 heterocycles. The van der Waals surface area contributed by atoms with E-state index in [2.05, 4.69) is 217 Å². The number of aromatic nitrogens is 3. The van der Waals surface area contributed by atoms with Crippen molar-refractivity contribution in [3.05, 3.63) is 224 Å². The Kier molecular flexibility index (Phi) is 10.1. The van der Waals surface area contributed by atoms with Crippen LogP contribution in [0.15, 0.2) is 223 Å². The largest absolute Gasteiger partial charge is 0.416 e. The van der Waals surface area contributed by atoms with Gasteiger partial charge in [0.1, 0.15) is 0 Å². The normalized spacial score (nSPS) is 11.5. The van der Waals surface area contributed by atoms with Gasteiger partial charge in [0.25, 0.3) is 0 Å². The third kappa shape index (κ3) is 7.29. The molecular weight excluding hydrogens is 779 g/mol. The van der Waals surface area contributed by atoms with Gasteiger partial charge in [-0.2, -0.15) is 0 Å². The molecule has 0 saturated carbocycles. The van der Waals surface area contributed by atoms with E-state index in [1.807, 2.05) is 30.3 Å². The van der Waals surface area contributed by atoms with Crippen molar-refractivity contribution >= 4 is 21.8 Å². The number of fused-ring (bicyclic) bond motifs is 3. The third-order valence-electron chi connectivity index (χ3n) is 12.2. The Balaban J connectivity index is 1.05. The molecule has 0 saturated heterocycles. The second-order valence-electron chi connectivity index (χ2n) is 16.9. The lowest BCUT2D eigenvalue weighted by atomic mass is 9.87. The van der Waals surface area contributed by atoms with E-state index in [4.69, 9.17) is 4.42 Å². The molecule has 9 aromatic carbocycles. The predicted molar refractivity (Wildman–Crippen MR) is 265 cm³/mol. The highest BCUT2D eigenvalue weighted by Crippen LogP contribution is 2.43. The van der Waals surface area contributed by atoms with Crippen LogP contribution >= 0.6 is 0 Å². The van der Waals surface area contributed by atoms with Gasteiger partial charge in [0, 0.05) is 27.6 Å². The molecule has 4 nitrogen and oxygen atoms in total. The van der Waals surface area contributed by atoms with Crippen LogP contribution < -0.4 is 0 Å². The molecule has 0 aliphatic carbocycles. The van der Waals surface area contributed by atoms with Crippen LogP contribution in [-0.4, -0.2) is 14.8 Å². The van der Waals surface area contributed by atoms with Crippen molar-refractivity contribution in [2.45, 2.75) is 20.3 Å². The van der Waals surface area contributed by atoms with Gasteiger partial charge < -0.3 is 8.98 Å². The van der Waals surface area contributed by atoms with Crippen molar-refractivity contribution in [1.29, 1.82) is 0 Å². The van der Waals surface area contributed by atoms with Gasteiger partial charge in [0.05, 0.1) is 11.0 Å². The molecule has 11 rings (SSSR count). The van der Waals surface area contributed by atoms with Gasteiger partial charge in [-0.05, 0) is 134 Å². The number of hydrogen-bond acceptors (Lipinski definition) is 3. The molecule has 0 N–H and O–H groups in total. The summed E-state index contributed by atoms with van der Waals surface area (Å²) in [5, 5.41) is 11.1. The maximum absolute atomic E-state index is 6.11. The van der Waals surface area contributed by atoms with Crippen LogP contribution in [0.2, 0.25) is 0 Å². The number of nitrogens with zero attached hydrogens (tertiary/aromatic N) is 3. The zero-order chi connectivity index (χ0) is 43.0. The Labute approximate surface area is 373 Å². The zero-order valence-electron chi connectivity index (χ0n) is 35.8. The summed E-state index contributed by atoms with van der Waals surface area (Å²) in [6, 6.07) is 78.4. The van der Waals surface area contributed by atoms with Crippen molar-refractivity contribution in [3.8, 4) is 84.2 Å². The maximum atomic E-state index is 6.11. The summed E-state index contributed by atoms with van der Waals surface area (Å²) in [5.74, 6) is 1.53. The summed E-state index contributed by atoms with van der Waals surface area (Å²) in [5.41, 5.74) is 18.5. The Morgan fingerprint density at radius 3 is 1.39 bits per heavy atom. The summed E-state index contributed by atoms with van der Waals surface area (Å²) in [7, 11) is 0. The SMILES string of the molecule is CC(C)Cc1ccc(-c2ccccc2-c2ccc(-c3nnc(-c4ccccc4)o3)cc2)c(-c2ccc3c(c2)c2cc(-c4ccccc4-c4ccccc4)ccc2n3-c2ccccc2)c1. The Hall–Kier alpha value is -8.08. The molecule has 0 aliphatic heterocycles. The minimum absolute atomic E-state index is 0.498. The fourth-order valence-corrected chi connectivity index (χ4v) is 9.28. The molecular formula is C60H45N3O. The second kappa shape index (κ2) is 16.7. The molecule has 2 aromatic heterocycles. The third-order valence-corrected chi connectivity index (χ3v) is 12.2. The van der Waals surface area contributed by atoms with Gasteiger partial charge in [-0.25, -0.2) is 0 Å². The van der Waals surface area contributed by atoms with Crippen molar-refractivity contribution in [2.24, 2.45) is 5.92 Å². The minimum Gasteiger partial charge on any atom is -0.416 e. The number of rotatable bonds is 10. The van der Waals surface area contributed by atoms with Gasteiger partial charge in [-0.1, -0.05) is 172 Å². The molecule has 0 amide bonds. The first-order valence-electron chi connectivity index (χ1n) is 22.1. The van der Waals surface area contributed by atoms with E-state index < -0.39 is 0 Å². The van der Waals surface area contributed by atoms with Crippen LogP contribution in [0.5, 0.6) is 0 Å². The quantitative estimate of drug-likeness (QED) is 0.138. The Morgan fingerprint density at radius 1 is 0.375 bits per heavy atom. The second-order valence-corrected chi connectivity index (χ2v) is 16.9. The predicted octanol–water partition coefficient (Wildman–Crippen LogP) is 16.0. The first-order chi connectivity index (χ1) is 31.6. The Bertz CT molecular complexity index is 3420. The van der Waals surface area contributed by atoms with Crippen LogP contribution in [0.4, 0.5) is 0 Å². The van der Waals surface area contributed by atoms with Gasteiger partial charge in [0.15, 0.2) is 0 Å². The van der Waals surface area contributed by atoms with E-state index in [-0.39, 0.29) is 0 Å². The molecule has 0 unspecified atom stereocenters. The molecule has 11 aromatic rings. The number of hydrogen-bond donors (Lipinski definition) is 0. The zero-order valence-corrected chi connectivity index (χ0v) is 35.8. The van der Waals surface area contributed by atoms with Gasteiger partial charge in [-0.3, -0.25) is 0 Å². The van der Waals surface area contributed by atoms with Crippen LogP contribution in [0.1, 0.15) is 19.4 Å². The van der Waals surface area contributed by atoms with Crippen molar-refractivity contribution < 1.29 is 4.42 Å². The maximum Gasteiger partial charge on any atom is 0.248 e. The molecule has 0 atom stereocenters. The number of benzene rings is 9. The summed E-state index contributed by atoms with van der Waals surface area (Å²) >= 11 is 0. The first kappa shape index (κ1) is 38.8. The number of para-hydroxylation sites is 1.